The number of nitro benzene ring substituents is 1. The maximum atomic E-state index is 12.8. The fraction of sp³-hybridized carbons (Fsp3) is 0.278. The SMILES string of the molecule is CCOC(=O)c1cc(C(=O)OCC)c(=O)n(-c2ccc([N+](=O)[O-])cc2C)c1O. The lowest BCUT2D eigenvalue weighted by Crippen LogP contribution is -2.28. The first-order chi connectivity index (χ1) is 13.2. The highest BCUT2D eigenvalue weighted by molar-refractivity contribution is 5.96. The Morgan fingerprint density at radius 2 is 1.68 bits per heavy atom. The Morgan fingerprint density at radius 3 is 2.18 bits per heavy atom. The molecule has 0 aliphatic rings. The molecule has 148 valence electrons. The standard InChI is InChI=1S/C18H18N2O8/c1-4-27-17(23)12-9-13(18(24)28-5-2)16(22)19(15(12)21)14-7-6-11(20(25)26)8-10(14)3/h6-9,21H,4-5H2,1-3H3. The molecule has 0 saturated heterocycles. The van der Waals surface area contributed by atoms with Crippen molar-refractivity contribution in [3.05, 3.63) is 61.4 Å². The second-order valence-corrected chi connectivity index (χ2v) is 5.60. The summed E-state index contributed by atoms with van der Waals surface area (Å²) >= 11 is 0. The Labute approximate surface area is 159 Å². The molecular formula is C18H18N2O8. The van der Waals surface area contributed by atoms with Crippen LogP contribution in [0.2, 0.25) is 0 Å². The van der Waals surface area contributed by atoms with E-state index in [9.17, 15) is 29.6 Å². The van der Waals surface area contributed by atoms with Gasteiger partial charge in [0.1, 0.15) is 11.1 Å². The fourth-order valence-electron chi connectivity index (χ4n) is 2.55. The topological polar surface area (TPSA) is 138 Å². The van der Waals surface area contributed by atoms with Crippen LogP contribution in [0.4, 0.5) is 5.69 Å². The van der Waals surface area contributed by atoms with Crippen LogP contribution in [0.3, 0.4) is 0 Å². The molecular weight excluding hydrogens is 372 g/mol. The van der Waals surface area contributed by atoms with Crippen molar-refractivity contribution in [2.75, 3.05) is 13.2 Å². The number of esters is 2. The van der Waals surface area contributed by atoms with Crippen LogP contribution in [0.25, 0.3) is 5.69 Å². The van der Waals surface area contributed by atoms with Crippen LogP contribution in [0.1, 0.15) is 40.1 Å². The van der Waals surface area contributed by atoms with E-state index < -0.39 is 39.4 Å². The van der Waals surface area contributed by atoms with Gasteiger partial charge >= 0.3 is 11.9 Å². The second kappa shape index (κ2) is 8.33. The number of pyridine rings is 1. The largest absolute Gasteiger partial charge is 0.494 e. The van der Waals surface area contributed by atoms with Gasteiger partial charge in [-0.3, -0.25) is 14.9 Å². The molecule has 0 fully saturated rings. The number of carbonyl (C=O) groups is 2. The molecule has 1 aromatic heterocycles. The number of non-ortho nitro benzene ring substituents is 1. The van der Waals surface area contributed by atoms with Crippen LogP contribution >= 0.6 is 0 Å². The first-order valence-corrected chi connectivity index (χ1v) is 8.31. The number of rotatable bonds is 6. The molecule has 0 unspecified atom stereocenters. The van der Waals surface area contributed by atoms with E-state index in [1.807, 2.05) is 0 Å². The van der Waals surface area contributed by atoms with Gasteiger partial charge < -0.3 is 14.6 Å². The summed E-state index contributed by atoms with van der Waals surface area (Å²) in [5.74, 6) is -2.68. The van der Waals surface area contributed by atoms with Crippen molar-refractivity contribution in [1.82, 2.24) is 4.57 Å². The van der Waals surface area contributed by atoms with E-state index in [1.165, 1.54) is 19.1 Å². The number of nitro groups is 1. The van der Waals surface area contributed by atoms with E-state index in [4.69, 9.17) is 9.47 Å². The van der Waals surface area contributed by atoms with Gasteiger partial charge in [-0.25, -0.2) is 14.2 Å². The van der Waals surface area contributed by atoms with Crippen molar-refractivity contribution < 1.29 is 29.1 Å². The maximum Gasteiger partial charge on any atom is 0.343 e. The van der Waals surface area contributed by atoms with Crippen LogP contribution in [0.15, 0.2) is 29.1 Å². The van der Waals surface area contributed by atoms with Gasteiger partial charge in [0.15, 0.2) is 0 Å². The molecule has 0 bridgehead atoms. The van der Waals surface area contributed by atoms with Gasteiger partial charge in [-0.1, -0.05) is 0 Å². The molecule has 0 aliphatic heterocycles. The Kier molecular flexibility index (Phi) is 6.14. The van der Waals surface area contributed by atoms with E-state index >= 15 is 0 Å². The van der Waals surface area contributed by atoms with Gasteiger partial charge in [0.25, 0.3) is 11.2 Å². The van der Waals surface area contributed by atoms with E-state index in [0.717, 1.165) is 16.7 Å². The summed E-state index contributed by atoms with van der Waals surface area (Å²) in [6, 6.07) is 4.47. The molecule has 10 heteroatoms. The Hall–Kier alpha value is -3.69. The highest BCUT2D eigenvalue weighted by atomic mass is 16.6. The number of carbonyl (C=O) groups excluding carboxylic acids is 2. The number of ether oxygens (including phenoxy) is 2. The summed E-state index contributed by atoms with van der Waals surface area (Å²) in [4.78, 5) is 47.5. The number of nitrogens with zero attached hydrogens (tertiary/aromatic N) is 2. The third kappa shape index (κ3) is 3.85. The fourth-order valence-corrected chi connectivity index (χ4v) is 2.55. The smallest absolute Gasteiger partial charge is 0.343 e. The summed E-state index contributed by atoms with van der Waals surface area (Å²) in [5.41, 5.74) is -1.74. The minimum Gasteiger partial charge on any atom is -0.494 e. The molecule has 0 spiro atoms. The summed E-state index contributed by atoms with van der Waals surface area (Å²) in [6.45, 7) is 4.57. The number of benzene rings is 1. The van der Waals surface area contributed by atoms with Gasteiger partial charge in [-0.15, -0.1) is 0 Å². The molecule has 0 amide bonds. The zero-order valence-corrected chi connectivity index (χ0v) is 15.4. The Balaban J connectivity index is 2.82. The molecule has 0 radical (unpaired) electrons. The van der Waals surface area contributed by atoms with Crippen LogP contribution in [0.5, 0.6) is 5.88 Å². The number of hydrogen-bond acceptors (Lipinski definition) is 8. The summed E-state index contributed by atoms with van der Waals surface area (Å²) in [7, 11) is 0. The summed E-state index contributed by atoms with van der Waals surface area (Å²) < 4.78 is 10.4. The molecule has 28 heavy (non-hydrogen) atoms. The molecule has 2 aromatic rings. The minimum atomic E-state index is -0.980. The first-order valence-electron chi connectivity index (χ1n) is 8.31. The lowest BCUT2D eigenvalue weighted by Gasteiger charge is -2.15. The van der Waals surface area contributed by atoms with Crippen molar-refractivity contribution in [2.45, 2.75) is 20.8 Å². The molecule has 1 aromatic carbocycles. The second-order valence-electron chi connectivity index (χ2n) is 5.60. The molecule has 10 nitrogen and oxygen atoms in total. The molecule has 0 aliphatic carbocycles. The zero-order valence-electron chi connectivity index (χ0n) is 15.4. The van der Waals surface area contributed by atoms with Crippen LogP contribution in [-0.4, -0.2) is 39.7 Å². The van der Waals surface area contributed by atoms with Crippen LogP contribution in [0, 0.1) is 17.0 Å². The van der Waals surface area contributed by atoms with E-state index in [-0.39, 0.29) is 30.2 Å². The zero-order chi connectivity index (χ0) is 21.0. The maximum absolute atomic E-state index is 12.8. The molecule has 0 atom stereocenters. The first kappa shape index (κ1) is 20.6. The van der Waals surface area contributed by atoms with E-state index in [2.05, 4.69) is 0 Å². The van der Waals surface area contributed by atoms with Gasteiger partial charge in [0.2, 0.25) is 5.88 Å². The monoisotopic (exact) mass is 390 g/mol. The number of hydrogen-bond donors (Lipinski definition) is 1. The van der Waals surface area contributed by atoms with E-state index in [1.54, 1.807) is 13.8 Å². The average molecular weight is 390 g/mol. The van der Waals surface area contributed by atoms with Crippen molar-refractivity contribution >= 4 is 17.6 Å². The van der Waals surface area contributed by atoms with E-state index in [0.29, 0.717) is 0 Å². The highest BCUT2D eigenvalue weighted by Gasteiger charge is 2.26. The third-order valence-electron chi connectivity index (χ3n) is 3.80. The summed E-state index contributed by atoms with van der Waals surface area (Å²) in [5, 5.41) is 21.5. The highest BCUT2D eigenvalue weighted by Crippen LogP contribution is 2.26. The van der Waals surface area contributed by atoms with Gasteiger partial charge in [-0.2, -0.15) is 0 Å². The minimum absolute atomic E-state index is 0.00268. The van der Waals surface area contributed by atoms with Crippen molar-refractivity contribution in [1.29, 1.82) is 0 Å². The van der Waals surface area contributed by atoms with Crippen molar-refractivity contribution in [3.8, 4) is 11.6 Å². The van der Waals surface area contributed by atoms with Crippen molar-refractivity contribution in [3.63, 3.8) is 0 Å². The Bertz CT molecular complexity index is 1010. The van der Waals surface area contributed by atoms with Gasteiger partial charge in [0, 0.05) is 12.1 Å². The van der Waals surface area contributed by atoms with Gasteiger partial charge in [0.05, 0.1) is 23.8 Å². The number of aromatic hydroxyl groups is 1. The summed E-state index contributed by atoms with van der Waals surface area (Å²) in [6.07, 6.45) is 0. The van der Waals surface area contributed by atoms with Gasteiger partial charge in [-0.05, 0) is 38.5 Å². The third-order valence-corrected chi connectivity index (χ3v) is 3.80. The number of aromatic nitrogens is 1. The van der Waals surface area contributed by atoms with Crippen LogP contribution < -0.4 is 5.56 Å². The van der Waals surface area contributed by atoms with Crippen LogP contribution in [-0.2, 0) is 9.47 Å². The quantitative estimate of drug-likeness (QED) is 0.450. The molecule has 1 N–H and O–H groups in total. The molecule has 0 saturated carbocycles. The Morgan fingerprint density at radius 1 is 1.11 bits per heavy atom. The lowest BCUT2D eigenvalue weighted by molar-refractivity contribution is -0.384. The number of aryl methyl sites for hydroxylation is 1. The van der Waals surface area contributed by atoms with Crippen molar-refractivity contribution in [2.24, 2.45) is 0 Å². The predicted molar refractivity (Wildman–Crippen MR) is 97.0 cm³/mol. The average Bonchev–Trinajstić information content (AvgIpc) is 2.63. The molecule has 2 rings (SSSR count). The normalized spacial score (nSPS) is 10.4. The lowest BCUT2D eigenvalue weighted by atomic mass is 10.1. The predicted octanol–water partition coefficient (Wildman–Crippen LogP) is 2.11. The molecule has 1 heterocycles.